The van der Waals surface area contributed by atoms with Crippen LogP contribution in [0.2, 0.25) is 0 Å². The Kier molecular flexibility index (Phi) is 3.82. The lowest BCUT2D eigenvalue weighted by atomic mass is 10.1. The van der Waals surface area contributed by atoms with Gasteiger partial charge in [-0.05, 0) is 25.5 Å². The van der Waals surface area contributed by atoms with Crippen LogP contribution in [0.5, 0.6) is 0 Å². The predicted octanol–water partition coefficient (Wildman–Crippen LogP) is 0.941. The molecule has 1 aromatic rings. The number of sulfone groups is 1. The summed E-state index contributed by atoms with van der Waals surface area (Å²) < 4.78 is 22.5. The molecular weight excluding hydrogens is 272 g/mol. The number of hydrogen-bond acceptors (Lipinski definition) is 5. The van der Waals surface area contributed by atoms with Crippen molar-refractivity contribution in [2.75, 3.05) is 11.5 Å². The Balaban J connectivity index is 1.87. The van der Waals surface area contributed by atoms with E-state index in [-0.39, 0.29) is 17.4 Å². The number of thiophene rings is 1. The summed E-state index contributed by atoms with van der Waals surface area (Å²) in [7, 11) is -3.02. The fourth-order valence-electron chi connectivity index (χ4n) is 1.78. The molecule has 1 fully saturated rings. The first-order valence-corrected chi connectivity index (χ1v) is 8.20. The number of amides is 1. The maximum Gasteiger partial charge on any atom is 0.244 e. The minimum Gasteiger partial charge on any atom is -0.273 e. The Hall–Kier alpha value is -1.21. The molecule has 1 atom stereocenters. The van der Waals surface area contributed by atoms with Crippen molar-refractivity contribution < 1.29 is 13.2 Å². The maximum absolute atomic E-state index is 11.6. The van der Waals surface area contributed by atoms with Crippen LogP contribution < -0.4 is 5.43 Å². The summed E-state index contributed by atoms with van der Waals surface area (Å²) in [6, 6.07) is 3.88. The molecule has 1 aromatic heterocycles. The van der Waals surface area contributed by atoms with Crippen LogP contribution >= 0.6 is 11.3 Å². The van der Waals surface area contributed by atoms with E-state index in [2.05, 4.69) is 10.5 Å². The minimum absolute atomic E-state index is 0.0630. The van der Waals surface area contributed by atoms with Crippen molar-refractivity contribution in [1.82, 2.24) is 5.43 Å². The molecule has 1 aliphatic rings. The Morgan fingerprint density at radius 1 is 1.56 bits per heavy atom. The van der Waals surface area contributed by atoms with Gasteiger partial charge in [0, 0.05) is 9.75 Å². The molecule has 0 radical (unpaired) electrons. The molecule has 18 heavy (non-hydrogen) atoms. The van der Waals surface area contributed by atoms with Crippen LogP contribution in [0.3, 0.4) is 0 Å². The Bertz CT molecular complexity index is 575. The van der Waals surface area contributed by atoms with E-state index in [1.807, 2.05) is 19.1 Å². The van der Waals surface area contributed by atoms with E-state index < -0.39 is 15.8 Å². The molecule has 0 saturated carbocycles. The summed E-state index contributed by atoms with van der Waals surface area (Å²) in [5, 5.41) is 3.84. The smallest absolute Gasteiger partial charge is 0.244 e. The average molecular weight is 286 g/mol. The first kappa shape index (κ1) is 13.2. The van der Waals surface area contributed by atoms with Gasteiger partial charge in [-0.15, -0.1) is 11.3 Å². The Labute approximate surface area is 110 Å². The van der Waals surface area contributed by atoms with Crippen molar-refractivity contribution in [3.63, 3.8) is 0 Å². The van der Waals surface area contributed by atoms with Crippen LogP contribution in [-0.4, -0.2) is 32.0 Å². The summed E-state index contributed by atoms with van der Waals surface area (Å²) in [6.07, 6.45) is 1.96. The van der Waals surface area contributed by atoms with Crippen molar-refractivity contribution in [2.24, 2.45) is 11.0 Å². The molecule has 98 valence electrons. The number of carbonyl (C=O) groups is 1. The lowest BCUT2D eigenvalue weighted by molar-refractivity contribution is -0.124. The van der Waals surface area contributed by atoms with Gasteiger partial charge < -0.3 is 0 Å². The zero-order valence-corrected chi connectivity index (χ0v) is 11.6. The molecule has 1 saturated heterocycles. The van der Waals surface area contributed by atoms with Gasteiger partial charge in [0.05, 0.1) is 23.6 Å². The maximum atomic E-state index is 11.6. The minimum atomic E-state index is -3.02. The number of hydrazone groups is 1. The topological polar surface area (TPSA) is 75.6 Å². The standard InChI is InChI=1S/C11H14N2O3S2/c1-8-2-3-10(17-8)6-12-13-11(14)9-4-5-18(15,16)7-9/h2-3,6,9H,4-5,7H2,1H3,(H,13,14)/b12-6-/t9-/m1/s1. The van der Waals surface area contributed by atoms with Crippen molar-refractivity contribution in [3.05, 3.63) is 21.9 Å². The molecule has 5 nitrogen and oxygen atoms in total. The number of rotatable bonds is 3. The third-order valence-electron chi connectivity index (χ3n) is 2.73. The van der Waals surface area contributed by atoms with Gasteiger partial charge in [0.15, 0.2) is 9.84 Å². The molecule has 1 amide bonds. The van der Waals surface area contributed by atoms with Crippen molar-refractivity contribution in [3.8, 4) is 0 Å². The van der Waals surface area contributed by atoms with Gasteiger partial charge in [-0.25, -0.2) is 13.8 Å². The third kappa shape index (κ3) is 3.39. The molecular formula is C11H14N2O3S2. The fraction of sp³-hybridized carbons (Fsp3) is 0.455. The summed E-state index contributed by atoms with van der Waals surface area (Å²) in [4.78, 5) is 13.8. The Morgan fingerprint density at radius 3 is 2.89 bits per heavy atom. The molecule has 0 bridgehead atoms. The SMILES string of the molecule is Cc1ccc(/C=N\NC(=O)[C@@H]2CCS(=O)(=O)C2)s1. The highest BCUT2D eigenvalue weighted by molar-refractivity contribution is 7.91. The summed E-state index contributed by atoms with van der Waals surface area (Å²) >= 11 is 1.57. The van der Waals surface area contributed by atoms with Gasteiger partial charge in [0.2, 0.25) is 5.91 Å². The van der Waals surface area contributed by atoms with E-state index in [0.717, 1.165) is 4.88 Å². The quantitative estimate of drug-likeness (QED) is 0.664. The number of nitrogens with zero attached hydrogens (tertiary/aromatic N) is 1. The van der Waals surface area contributed by atoms with Crippen LogP contribution in [0, 0.1) is 12.8 Å². The first-order valence-electron chi connectivity index (χ1n) is 5.56. The molecule has 1 N–H and O–H groups in total. The molecule has 0 aliphatic carbocycles. The molecule has 2 heterocycles. The van der Waals surface area contributed by atoms with Gasteiger partial charge in [-0.3, -0.25) is 4.79 Å². The van der Waals surface area contributed by atoms with E-state index in [1.165, 1.54) is 4.88 Å². The van der Waals surface area contributed by atoms with Gasteiger partial charge in [0.25, 0.3) is 0 Å². The largest absolute Gasteiger partial charge is 0.273 e. The van der Waals surface area contributed by atoms with E-state index in [9.17, 15) is 13.2 Å². The van der Waals surface area contributed by atoms with Crippen molar-refractivity contribution in [1.29, 1.82) is 0 Å². The van der Waals surface area contributed by atoms with Gasteiger partial charge in [-0.2, -0.15) is 5.10 Å². The zero-order chi connectivity index (χ0) is 13.2. The highest BCUT2D eigenvalue weighted by Crippen LogP contribution is 2.18. The number of nitrogens with one attached hydrogen (secondary N) is 1. The van der Waals surface area contributed by atoms with Gasteiger partial charge >= 0.3 is 0 Å². The van der Waals surface area contributed by atoms with Crippen LogP contribution in [0.4, 0.5) is 0 Å². The second-order valence-corrected chi connectivity index (χ2v) is 7.83. The number of aryl methyl sites for hydroxylation is 1. The fourth-order valence-corrected chi connectivity index (χ4v) is 4.27. The van der Waals surface area contributed by atoms with Crippen LogP contribution in [0.25, 0.3) is 0 Å². The molecule has 0 unspecified atom stereocenters. The van der Waals surface area contributed by atoms with Crippen LogP contribution in [0.15, 0.2) is 17.2 Å². The van der Waals surface area contributed by atoms with Crippen molar-refractivity contribution in [2.45, 2.75) is 13.3 Å². The molecule has 2 rings (SSSR count). The van der Waals surface area contributed by atoms with Crippen molar-refractivity contribution >= 4 is 33.3 Å². The molecule has 7 heteroatoms. The van der Waals surface area contributed by atoms with Gasteiger partial charge in [0.1, 0.15) is 0 Å². The average Bonchev–Trinajstić information content (AvgIpc) is 2.85. The van der Waals surface area contributed by atoms with E-state index in [4.69, 9.17) is 0 Å². The second kappa shape index (κ2) is 5.19. The Morgan fingerprint density at radius 2 is 2.33 bits per heavy atom. The monoisotopic (exact) mass is 286 g/mol. The molecule has 0 aromatic carbocycles. The van der Waals surface area contributed by atoms with Crippen LogP contribution in [0.1, 0.15) is 16.2 Å². The van der Waals surface area contributed by atoms with E-state index in [1.54, 1.807) is 17.6 Å². The summed E-state index contributed by atoms with van der Waals surface area (Å²) in [5.74, 6) is -0.747. The lowest BCUT2D eigenvalue weighted by Crippen LogP contribution is -2.27. The summed E-state index contributed by atoms with van der Waals surface area (Å²) in [5.41, 5.74) is 2.39. The molecule has 1 aliphatic heterocycles. The number of hydrogen-bond donors (Lipinski definition) is 1. The third-order valence-corrected chi connectivity index (χ3v) is 5.43. The highest BCUT2D eigenvalue weighted by Gasteiger charge is 2.32. The molecule has 0 spiro atoms. The predicted molar refractivity (Wildman–Crippen MR) is 71.6 cm³/mol. The lowest BCUT2D eigenvalue weighted by Gasteiger charge is -2.04. The second-order valence-electron chi connectivity index (χ2n) is 4.28. The highest BCUT2D eigenvalue weighted by atomic mass is 32.2. The normalized spacial score (nSPS) is 22.4. The number of carbonyl (C=O) groups excluding carboxylic acids is 1. The summed E-state index contributed by atoms with van der Waals surface area (Å²) in [6.45, 7) is 1.99. The van der Waals surface area contributed by atoms with E-state index >= 15 is 0 Å². The van der Waals surface area contributed by atoms with Gasteiger partial charge in [-0.1, -0.05) is 0 Å². The zero-order valence-electron chi connectivity index (χ0n) is 9.92. The first-order chi connectivity index (χ1) is 8.46. The van der Waals surface area contributed by atoms with Crippen LogP contribution in [-0.2, 0) is 14.6 Å². The van der Waals surface area contributed by atoms with E-state index in [0.29, 0.717) is 6.42 Å².